The molecular weight excluding hydrogens is 628 g/mol. The second-order valence-corrected chi connectivity index (χ2v) is 13.2. The number of rotatable bonds is 3. The first kappa shape index (κ1) is 28.3. The number of H-pyrrole nitrogens is 2. The van der Waals surface area contributed by atoms with Gasteiger partial charge in [0.05, 0.1) is 42.0 Å². The summed E-state index contributed by atoms with van der Waals surface area (Å²) in [5, 5.41) is 0. The van der Waals surface area contributed by atoms with E-state index >= 15 is 8.78 Å². The molecule has 0 spiro atoms. The molecule has 6 aromatic rings. The molecule has 2 N–H and O–H groups in total. The highest BCUT2D eigenvalue weighted by atomic mass is 19.3. The molecular formula is C37H29F2N7O3. The molecule has 1 aliphatic carbocycles. The van der Waals surface area contributed by atoms with Gasteiger partial charge in [-0.2, -0.15) is 8.78 Å². The SMILES string of the molecule is CN1CN(C(=O)N2Cc3cc4c(cc3C2)OCO4)CC1c1ncc(-c2ccc3c(c2)C(F)(F)c2cc(-c4ccc5nc[nH]c5c4)ccc2-3)[nH]1. The predicted molar refractivity (Wildman–Crippen MR) is 177 cm³/mol. The number of likely N-dealkylation sites (N-methyl/N-ethyl adjacent to an activating group) is 1. The summed E-state index contributed by atoms with van der Waals surface area (Å²) >= 11 is 0. The van der Waals surface area contributed by atoms with Crippen molar-refractivity contribution in [2.24, 2.45) is 0 Å². The van der Waals surface area contributed by atoms with E-state index in [-0.39, 0.29) is 30.0 Å². The number of benzene rings is 4. The van der Waals surface area contributed by atoms with Crippen LogP contribution in [0.5, 0.6) is 11.5 Å². The summed E-state index contributed by atoms with van der Waals surface area (Å²) in [6, 6.07) is 19.9. The minimum atomic E-state index is -3.17. The highest BCUT2D eigenvalue weighted by Gasteiger charge is 2.45. The van der Waals surface area contributed by atoms with Crippen molar-refractivity contribution in [2.75, 3.05) is 27.1 Å². The van der Waals surface area contributed by atoms with Gasteiger partial charge in [-0.1, -0.05) is 30.3 Å². The number of halogens is 2. The smallest absolute Gasteiger partial charge is 0.321 e. The molecule has 4 aromatic carbocycles. The third kappa shape index (κ3) is 4.29. The molecule has 10 nitrogen and oxygen atoms in total. The molecule has 3 aliphatic heterocycles. The van der Waals surface area contributed by atoms with Gasteiger partial charge in [-0.05, 0) is 76.8 Å². The van der Waals surface area contributed by atoms with Crippen LogP contribution in [0, 0.1) is 0 Å². The molecule has 1 unspecified atom stereocenters. The van der Waals surface area contributed by atoms with Crippen LogP contribution in [0.1, 0.15) is 34.1 Å². The fourth-order valence-electron chi connectivity index (χ4n) is 7.67. The quantitative estimate of drug-likeness (QED) is 0.216. The van der Waals surface area contributed by atoms with Crippen LogP contribution in [0.15, 0.2) is 79.3 Å². The van der Waals surface area contributed by atoms with E-state index in [0.717, 1.165) is 33.3 Å². The summed E-state index contributed by atoms with van der Waals surface area (Å²) in [4.78, 5) is 34.6. The lowest BCUT2D eigenvalue weighted by Gasteiger charge is -2.23. The van der Waals surface area contributed by atoms with E-state index in [9.17, 15) is 4.79 Å². The van der Waals surface area contributed by atoms with Crippen molar-refractivity contribution >= 4 is 17.1 Å². The average molecular weight is 658 g/mol. The van der Waals surface area contributed by atoms with Crippen molar-refractivity contribution in [3.63, 3.8) is 0 Å². The van der Waals surface area contributed by atoms with Gasteiger partial charge in [0.25, 0.3) is 5.92 Å². The maximum absolute atomic E-state index is 16.1. The van der Waals surface area contributed by atoms with Gasteiger partial charge in [-0.15, -0.1) is 0 Å². The van der Waals surface area contributed by atoms with Crippen LogP contribution < -0.4 is 9.47 Å². The van der Waals surface area contributed by atoms with Gasteiger partial charge < -0.3 is 29.2 Å². The van der Waals surface area contributed by atoms with Gasteiger partial charge in [-0.25, -0.2) is 14.8 Å². The molecule has 0 bridgehead atoms. The summed E-state index contributed by atoms with van der Waals surface area (Å²) in [5.41, 5.74) is 7.66. The average Bonchev–Trinajstić information content (AvgIpc) is 3.96. The topological polar surface area (TPSA) is 103 Å². The summed E-state index contributed by atoms with van der Waals surface area (Å²) < 4.78 is 43.3. The molecule has 10 rings (SSSR count). The van der Waals surface area contributed by atoms with Crippen LogP contribution in [0.25, 0.3) is 44.5 Å². The number of amides is 2. The van der Waals surface area contributed by atoms with Crippen LogP contribution in [-0.2, 0) is 19.0 Å². The van der Waals surface area contributed by atoms with E-state index in [1.54, 1.807) is 36.8 Å². The fraction of sp³-hybridized carbons (Fsp3) is 0.216. The lowest BCUT2D eigenvalue weighted by atomic mass is 9.98. The van der Waals surface area contributed by atoms with Crippen LogP contribution in [-0.4, -0.2) is 67.7 Å². The standard InChI is InChI=1S/C37H29F2N7O3/c1-44-18-46(36(47)45-14-23-11-33-34(49-19-48-33)12-24(23)15-45)16-32(44)35-40-13-31(43-35)22-3-6-26-25-5-2-20(8-27(25)37(38,39)28(26)9-22)21-4-7-29-30(10-21)42-17-41-29/h2-13,17,32H,14-16,18-19H2,1H3,(H,40,43)(H,41,42). The van der Waals surface area contributed by atoms with Crippen LogP contribution in [0.2, 0.25) is 0 Å². The zero-order valence-electron chi connectivity index (χ0n) is 26.3. The lowest BCUT2D eigenvalue weighted by Crippen LogP contribution is -2.39. The Morgan fingerprint density at radius 3 is 2.29 bits per heavy atom. The molecule has 4 aliphatic rings. The molecule has 1 atom stereocenters. The number of carbonyl (C=O) groups excluding carboxylic acids is 1. The second kappa shape index (κ2) is 10.1. The van der Waals surface area contributed by atoms with Crippen molar-refractivity contribution in [1.82, 2.24) is 34.6 Å². The normalized spacial score (nSPS) is 18.7. The molecule has 12 heteroatoms. The number of aromatic nitrogens is 4. The van der Waals surface area contributed by atoms with Crippen LogP contribution in [0.3, 0.4) is 0 Å². The fourth-order valence-corrected chi connectivity index (χ4v) is 7.67. The molecule has 244 valence electrons. The highest BCUT2D eigenvalue weighted by molar-refractivity contribution is 5.86. The molecule has 5 heterocycles. The number of ether oxygens (including phenoxy) is 2. The summed E-state index contributed by atoms with van der Waals surface area (Å²) in [6.45, 7) is 2.13. The zero-order chi connectivity index (χ0) is 33.0. The monoisotopic (exact) mass is 657 g/mol. The van der Waals surface area contributed by atoms with Gasteiger partial charge >= 0.3 is 6.03 Å². The van der Waals surface area contributed by atoms with E-state index in [1.807, 2.05) is 59.3 Å². The van der Waals surface area contributed by atoms with Crippen LogP contribution >= 0.6 is 0 Å². The van der Waals surface area contributed by atoms with Crippen LogP contribution in [0.4, 0.5) is 13.6 Å². The highest BCUT2D eigenvalue weighted by Crippen LogP contribution is 2.52. The van der Waals surface area contributed by atoms with Gasteiger partial charge in [0, 0.05) is 36.3 Å². The van der Waals surface area contributed by atoms with Gasteiger partial charge in [0.1, 0.15) is 5.82 Å². The number of nitrogens with zero attached hydrogens (tertiary/aromatic N) is 5. The zero-order valence-corrected chi connectivity index (χ0v) is 26.3. The number of hydrogen-bond acceptors (Lipinski definition) is 6. The van der Waals surface area contributed by atoms with Gasteiger partial charge in [-0.3, -0.25) is 4.90 Å². The molecule has 49 heavy (non-hydrogen) atoms. The Hall–Kier alpha value is -5.75. The minimum Gasteiger partial charge on any atom is -0.454 e. The summed E-state index contributed by atoms with van der Waals surface area (Å²) in [6.07, 6.45) is 3.30. The Bertz CT molecular complexity index is 2320. The number of imidazole rings is 2. The van der Waals surface area contributed by atoms with Crippen molar-refractivity contribution < 1.29 is 23.0 Å². The van der Waals surface area contributed by atoms with E-state index in [1.165, 1.54) is 0 Å². The van der Waals surface area contributed by atoms with E-state index < -0.39 is 5.92 Å². The van der Waals surface area contributed by atoms with E-state index in [2.05, 4.69) is 24.8 Å². The molecule has 1 saturated heterocycles. The number of nitrogens with one attached hydrogen (secondary N) is 2. The van der Waals surface area contributed by atoms with Crippen molar-refractivity contribution in [2.45, 2.75) is 25.1 Å². The molecule has 0 radical (unpaired) electrons. The Morgan fingerprint density at radius 1 is 0.857 bits per heavy atom. The number of urea groups is 1. The first-order valence-electron chi connectivity index (χ1n) is 16.1. The molecule has 0 saturated carbocycles. The molecule has 2 aromatic heterocycles. The molecule has 2 amide bonds. The minimum absolute atomic E-state index is 0.00337. The molecule has 1 fully saturated rings. The van der Waals surface area contributed by atoms with E-state index in [4.69, 9.17) is 9.47 Å². The Labute approximate surface area is 278 Å². The maximum Gasteiger partial charge on any atom is 0.321 e. The third-order valence-corrected chi connectivity index (χ3v) is 10.3. The maximum atomic E-state index is 16.1. The number of carbonyl (C=O) groups is 1. The van der Waals surface area contributed by atoms with Gasteiger partial charge in [0.15, 0.2) is 11.5 Å². The Kier molecular flexibility index (Phi) is 5.85. The summed E-state index contributed by atoms with van der Waals surface area (Å²) in [7, 11) is 1.95. The number of alkyl halides is 2. The summed E-state index contributed by atoms with van der Waals surface area (Å²) in [5.74, 6) is -1.06. The second-order valence-electron chi connectivity index (χ2n) is 13.2. The number of aromatic amines is 2. The number of fused-ring (bicyclic) bond motifs is 6. The lowest BCUT2D eigenvalue weighted by molar-refractivity contribution is 0.0481. The Balaban J connectivity index is 0.875. The van der Waals surface area contributed by atoms with Crippen molar-refractivity contribution in [3.05, 3.63) is 107 Å². The third-order valence-electron chi connectivity index (χ3n) is 10.3. The van der Waals surface area contributed by atoms with E-state index in [0.29, 0.717) is 66.0 Å². The van der Waals surface area contributed by atoms with Crippen molar-refractivity contribution in [3.8, 4) is 45.0 Å². The first-order valence-corrected chi connectivity index (χ1v) is 16.1. The van der Waals surface area contributed by atoms with Gasteiger partial charge in [0.2, 0.25) is 6.79 Å². The first-order chi connectivity index (χ1) is 23.8. The predicted octanol–water partition coefficient (Wildman–Crippen LogP) is 6.85. The largest absolute Gasteiger partial charge is 0.454 e. The number of hydrogen-bond donors (Lipinski definition) is 2. The van der Waals surface area contributed by atoms with Crippen molar-refractivity contribution in [1.29, 1.82) is 0 Å². The Morgan fingerprint density at radius 2 is 1.53 bits per heavy atom.